The molecular weight excluding hydrogens is 148 g/mol. The van der Waals surface area contributed by atoms with Gasteiger partial charge in [-0.15, -0.1) is 0 Å². The fourth-order valence-corrected chi connectivity index (χ4v) is 3.92. The Morgan fingerprint density at radius 1 is 0.917 bits per heavy atom. The largest absolute Gasteiger partial charge is 0.390 e. The standard InChI is InChI=1S/C11H18O/c12-11-3-1-8-5-9(2-4-11)7-10(11)6-8/h8-10,12H,1-7H2. The number of aliphatic hydroxyl groups is 1. The lowest BCUT2D eigenvalue weighted by molar-refractivity contribution is -0.124. The highest BCUT2D eigenvalue weighted by Crippen LogP contribution is 2.54. The van der Waals surface area contributed by atoms with Crippen LogP contribution in [0.1, 0.15) is 44.9 Å². The Bertz CT molecular complexity index is 183. The molecule has 3 aliphatic carbocycles. The molecule has 3 aliphatic rings. The van der Waals surface area contributed by atoms with Crippen molar-refractivity contribution in [3.8, 4) is 0 Å². The molecule has 68 valence electrons. The maximum absolute atomic E-state index is 10.3. The van der Waals surface area contributed by atoms with Gasteiger partial charge in [0.25, 0.3) is 0 Å². The maximum Gasteiger partial charge on any atom is 0.0676 e. The minimum atomic E-state index is -0.215. The van der Waals surface area contributed by atoms with Crippen molar-refractivity contribution < 1.29 is 5.11 Å². The summed E-state index contributed by atoms with van der Waals surface area (Å²) in [5, 5.41) is 10.3. The van der Waals surface area contributed by atoms with Crippen LogP contribution in [0, 0.1) is 17.8 Å². The van der Waals surface area contributed by atoms with Crippen LogP contribution in [0.5, 0.6) is 0 Å². The molecule has 1 heteroatoms. The molecule has 0 spiro atoms. The van der Waals surface area contributed by atoms with Crippen LogP contribution in [0.15, 0.2) is 0 Å². The van der Waals surface area contributed by atoms with Crippen molar-refractivity contribution in [3.05, 3.63) is 0 Å². The van der Waals surface area contributed by atoms with Crippen molar-refractivity contribution in [1.29, 1.82) is 0 Å². The first-order valence-corrected chi connectivity index (χ1v) is 5.49. The smallest absolute Gasteiger partial charge is 0.0676 e. The molecule has 3 saturated carbocycles. The highest BCUT2D eigenvalue weighted by molar-refractivity contribution is 5.00. The summed E-state index contributed by atoms with van der Waals surface area (Å²) in [7, 11) is 0. The molecule has 0 aromatic rings. The van der Waals surface area contributed by atoms with Crippen LogP contribution in [0.2, 0.25) is 0 Å². The number of fused-ring (bicyclic) bond motifs is 2. The molecule has 0 aromatic heterocycles. The third-order valence-electron chi connectivity index (χ3n) is 4.63. The highest BCUT2D eigenvalue weighted by Gasteiger charge is 2.49. The van der Waals surface area contributed by atoms with Gasteiger partial charge in [-0.1, -0.05) is 0 Å². The topological polar surface area (TPSA) is 20.2 Å². The van der Waals surface area contributed by atoms with E-state index in [-0.39, 0.29) is 5.60 Å². The van der Waals surface area contributed by atoms with E-state index < -0.39 is 0 Å². The third-order valence-corrected chi connectivity index (χ3v) is 4.63. The molecule has 0 amide bonds. The Hall–Kier alpha value is -0.0400. The minimum absolute atomic E-state index is 0.215. The summed E-state index contributed by atoms with van der Waals surface area (Å²) in [5.74, 6) is 2.65. The molecule has 3 bridgehead atoms. The van der Waals surface area contributed by atoms with Crippen LogP contribution in [-0.2, 0) is 0 Å². The van der Waals surface area contributed by atoms with Crippen LogP contribution >= 0.6 is 0 Å². The Labute approximate surface area is 74.2 Å². The summed E-state index contributed by atoms with van der Waals surface area (Å²) in [6.45, 7) is 0. The van der Waals surface area contributed by atoms with Gasteiger partial charge in [-0.25, -0.2) is 0 Å². The monoisotopic (exact) mass is 166 g/mol. The highest BCUT2D eigenvalue weighted by atomic mass is 16.3. The van der Waals surface area contributed by atoms with Gasteiger partial charge >= 0.3 is 0 Å². The zero-order valence-electron chi connectivity index (χ0n) is 7.63. The predicted octanol–water partition coefficient (Wildman–Crippen LogP) is 2.34. The summed E-state index contributed by atoms with van der Waals surface area (Å²) in [4.78, 5) is 0. The first-order valence-electron chi connectivity index (χ1n) is 5.49. The van der Waals surface area contributed by atoms with Crippen LogP contribution in [0.25, 0.3) is 0 Å². The van der Waals surface area contributed by atoms with Crippen molar-refractivity contribution in [2.24, 2.45) is 17.8 Å². The third kappa shape index (κ3) is 0.891. The van der Waals surface area contributed by atoms with Crippen LogP contribution in [-0.4, -0.2) is 10.7 Å². The predicted molar refractivity (Wildman–Crippen MR) is 47.7 cm³/mol. The molecule has 1 nitrogen and oxygen atoms in total. The van der Waals surface area contributed by atoms with Gasteiger partial charge in [-0.2, -0.15) is 0 Å². The van der Waals surface area contributed by atoms with E-state index in [1.807, 2.05) is 0 Å². The van der Waals surface area contributed by atoms with Crippen molar-refractivity contribution in [2.45, 2.75) is 50.5 Å². The van der Waals surface area contributed by atoms with Crippen LogP contribution in [0.4, 0.5) is 0 Å². The second-order valence-corrected chi connectivity index (χ2v) is 5.32. The normalized spacial score (nSPS) is 57.2. The van der Waals surface area contributed by atoms with E-state index in [0.29, 0.717) is 5.92 Å². The molecule has 12 heavy (non-hydrogen) atoms. The quantitative estimate of drug-likeness (QED) is 0.585. The molecule has 0 aromatic carbocycles. The first-order chi connectivity index (χ1) is 5.76. The Kier molecular flexibility index (Phi) is 1.39. The fourth-order valence-electron chi connectivity index (χ4n) is 3.92. The van der Waals surface area contributed by atoms with Crippen molar-refractivity contribution >= 4 is 0 Å². The van der Waals surface area contributed by atoms with E-state index in [2.05, 4.69) is 0 Å². The van der Waals surface area contributed by atoms with Crippen molar-refractivity contribution in [3.63, 3.8) is 0 Å². The van der Waals surface area contributed by atoms with Gasteiger partial charge < -0.3 is 5.11 Å². The molecular formula is C11H18O. The van der Waals surface area contributed by atoms with E-state index in [1.165, 1.54) is 32.1 Å². The summed E-state index contributed by atoms with van der Waals surface area (Å²) in [5.41, 5.74) is -0.215. The van der Waals surface area contributed by atoms with Crippen LogP contribution in [0.3, 0.4) is 0 Å². The first kappa shape index (κ1) is 7.37. The van der Waals surface area contributed by atoms with E-state index in [9.17, 15) is 5.11 Å². The molecule has 2 atom stereocenters. The lowest BCUT2D eigenvalue weighted by Crippen LogP contribution is -2.50. The molecule has 0 heterocycles. The van der Waals surface area contributed by atoms with Gasteiger partial charge in [0.15, 0.2) is 0 Å². The van der Waals surface area contributed by atoms with Crippen molar-refractivity contribution in [2.75, 3.05) is 0 Å². The second-order valence-electron chi connectivity index (χ2n) is 5.32. The van der Waals surface area contributed by atoms with E-state index in [4.69, 9.17) is 0 Å². The molecule has 2 unspecified atom stereocenters. The van der Waals surface area contributed by atoms with Crippen LogP contribution < -0.4 is 0 Å². The molecule has 1 N–H and O–H groups in total. The zero-order valence-corrected chi connectivity index (χ0v) is 7.63. The summed E-state index contributed by atoms with van der Waals surface area (Å²) in [6.07, 6.45) is 8.99. The van der Waals surface area contributed by atoms with Gasteiger partial charge in [0.2, 0.25) is 0 Å². The average molecular weight is 166 g/mol. The van der Waals surface area contributed by atoms with Gasteiger partial charge in [-0.05, 0) is 62.7 Å². The van der Waals surface area contributed by atoms with Gasteiger partial charge in [0.1, 0.15) is 0 Å². The SMILES string of the molecule is OC12CCC3CC(CC1)CC2C3. The Morgan fingerprint density at radius 3 is 2.08 bits per heavy atom. The van der Waals surface area contributed by atoms with Gasteiger partial charge in [-0.3, -0.25) is 0 Å². The Balaban J connectivity index is 1.92. The van der Waals surface area contributed by atoms with E-state index in [1.54, 1.807) is 0 Å². The fraction of sp³-hybridized carbons (Fsp3) is 1.00. The summed E-state index contributed by atoms with van der Waals surface area (Å²) in [6, 6.07) is 0. The molecule has 3 rings (SSSR count). The summed E-state index contributed by atoms with van der Waals surface area (Å²) >= 11 is 0. The van der Waals surface area contributed by atoms with E-state index in [0.717, 1.165) is 24.7 Å². The Morgan fingerprint density at radius 2 is 1.50 bits per heavy atom. The molecule has 0 aliphatic heterocycles. The minimum Gasteiger partial charge on any atom is -0.390 e. The van der Waals surface area contributed by atoms with E-state index >= 15 is 0 Å². The molecule has 0 saturated heterocycles. The lowest BCUT2D eigenvalue weighted by Gasteiger charge is -2.53. The van der Waals surface area contributed by atoms with Gasteiger partial charge in [0.05, 0.1) is 5.60 Å². The number of hydrogen-bond acceptors (Lipinski definition) is 1. The number of rotatable bonds is 0. The average Bonchev–Trinajstić information content (AvgIpc) is 2.08. The molecule has 3 fully saturated rings. The molecule has 0 radical (unpaired) electrons. The zero-order chi connectivity index (χ0) is 8.18. The summed E-state index contributed by atoms with van der Waals surface area (Å²) < 4.78 is 0. The number of hydrogen-bond donors (Lipinski definition) is 1. The second kappa shape index (κ2) is 2.25. The maximum atomic E-state index is 10.3. The van der Waals surface area contributed by atoms with Crippen molar-refractivity contribution in [1.82, 2.24) is 0 Å². The lowest BCUT2D eigenvalue weighted by atomic mass is 9.55. The van der Waals surface area contributed by atoms with Gasteiger partial charge in [0, 0.05) is 0 Å².